The molecule has 0 radical (unpaired) electrons. The molecule has 3 rings (SSSR count). The second kappa shape index (κ2) is 9.05. The molecule has 10 nitrogen and oxygen atoms in total. The minimum absolute atomic E-state index is 0.00730. The summed E-state index contributed by atoms with van der Waals surface area (Å²) in [6, 6.07) is 4.27. The fraction of sp³-hybridized carbons (Fsp3) is 0.400. The number of aromatic nitrogens is 2. The van der Waals surface area contributed by atoms with E-state index in [1.165, 1.54) is 30.3 Å². The van der Waals surface area contributed by atoms with Gasteiger partial charge in [0, 0.05) is 43.0 Å². The lowest BCUT2D eigenvalue weighted by atomic mass is 10.0. The van der Waals surface area contributed by atoms with E-state index in [1.807, 2.05) is 7.05 Å². The van der Waals surface area contributed by atoms with Crippen LogP contribution in [-0.4, -0.2) is 57.9 Å². The number of nitrogens with one attached hydrogen (secondary N) is 3. The molecule has 0 unspecified atom stereocenters. The number of anilines is 2. The van der Waals surface area contributed by atoms with Crippen LogP contribution in [-0.2, 0) is 0 Å². The maximum absolute atomic E-state index is 13.4. The van der Waals surface area contributed by atoms with Crippen molar-refractivity contribution >= 4 is 45.4 Å². The standard InChI is InChI=1S/C15H20BrFN8O2S/c1-19-28-25-5-4-15(18,8-25)7-20-13-12(23-27-24-13)14(22-26)21-9-2-3-11(17)10(16)6-9/h2-3,6,19,26H,4-5,7-8,18H2,1H3,(H,20,24)(H,21,22)/t15-/m0/s1. The second-order valence-corrected chi connectivity index (χ2v) is 8.25. The zero-order chi connectivity index (χ0) is 20.1. The van der Waals surface area contributed by atoms with Crippen LogP contribution in [0.15, 0.2) is 32.5 Å². The maximum Gasteiger partial charge on any atom is 0.203 e. The minimum atomic E-state index is -0.453. The van der Waals surface area contributed by atoms with Crippen molar-refractivity contribution in [3.8, 4) is 0 Å². The third kappa shape index (κ3) is 4.91. The fourth-order valence-corrected chi connectivity index (χ4v) is 3.91. The van der Waals surface area contributed by atoms with Crippen LogP contribution in [0.3, 0.4) is 0 Å². The van der Waals surface area contributed by atoms with Crippen molar-refractivity contribution in [2.24, 2.45) is 10.9 Å². The summed E-state index contributed by atoms with van der Waals surface area (Å²) in [4.78, 5) is 0. The van der Waals surface area contributed by atoms with Crippen molar-refractivity contribution < 1.29 is 14.2 Å². The Bertz CT molecular complexity index is 853. The number of halogens is 2. The first-order valence-corrected chi connectivity index (χ1v) is 9.89. The van der Waals surface area contributed by atoms with Gasteiger partial charge in [-0.2, -0.15) is 0 Å². The lowest BCUT2D eigenvalue weighted by molar-refractivity contribution is 0.304. The molecule has 2 aromatic rings. The molecule has 1 atom stereocenters. The molecule has 0 saturated carbocycles. The van der Waals surface area contributed by atoms with Gasteiger partial charge in [-0.25, -0.2) is 13.3 Å². The molecule has 0 amide bonds. The van der Waals surface area contributed by atoms with Gasteiger partial charge in [-0.3, -0.25) is 4.72 Å². The second-order valence-electron chi connectivity index (χ2n) is 6.29. The number of oxime groups is 1. The third-order valence-electron chi connectivity index (χ3n) is 4.17. The molecule has 1 aliphatic rings. The maximum atomic E-state index is 13.4. The van der Waals surface area contributed by atoms with Crippen molar-refractivity contribution in [2.75, 3.05) is 37.3 Å². The van der Waals surface area contributed by atoms with Crippen LogP contribution in [0, 0.1) is 5.82 Å². The van der Waals surface area contributed by atoms with E-state index in [0.717, 1.165) is 13.0 Å². The molecular weight excluding hydrogens is 455 g/mol. The molecule has 152 valence electrons. The summed E-state index contributed by atoms with van der Waals surface area (Å²) in [5, 5.41) is 26.2. The van der Waals surface area contributed by atoms with E-state index in [1.54, 1.807) is 0 Å². The first-order chi connectivity index (χ1) is 13.4. The summed E-state index contributed by atoms with van der Waals surface area (Å²) in [5.74, 6) is -0.132. The van der Waals surface area contributed by atoms with Crippen LogP contribution >= 0.6 is 28.1 Å². The number of nitrogens with two attached hydrogens (primary N) is 1. The molecule has 6 N–H and O–H groups in total. The molecule has 1 aliphatic heterocycles. The number of rotatable bonds is 7. The summed E-state index contributed by atoms with van der Waals surface area (Å²) in [7, 11) is 1.86. The van der Waals surface area contributed by atoms with Gasteiger partial charge in [0.15, 0.2) is 5.69 Å². The lowest BCUT2D eigenvalue weighted by Crippen LogP contribution is -2.48. The summed E-state index contributed by atoms with van der Waals surface area (Å²) >= 11 is 4.62. The van der Waals surface area contributed by atoms with Crippen molar-refractivity contribution in [1.82, 2.24) is 19.3 Å². The quantitative estimate of drug-likeness (QED) is 0.133. The molecule has 0 spiro atoms. The molecule has 0 aliphatic carbocycles. The summed E-state index contributed by atoms with van der Waals surface area (Å²) in [5.41, 5.74) is 6.66. The highest BCUT2D eigenvalue weighted by Gasteiger charge is 2.35. The van der Waals surface area contributed by atoms with Gasteiger partial charge in [0.2, 0.25) is 11.7 Å². The first-order valence-electron chi connectivity index (χ1n) is 8.32. The van der Waals surface area contributed by atoms with Gasteiger partial charge in [0.1, 0.15) is 5.82 Å². The Labute approximate surface area is 173 Å². The molecular formula is C15H20BrFN8O2S. The van der Waals surface area contributed by atoms with Gasteiger partial charge >= 0.3 is 0 Å². The van der Waals surface area contributed by atoms with E-state index < -0.39 is 11.4 Å². The Morgan fingerprint density at radius 1 is 1.54 bits per heavy atom. The van der Waals surface area contributed by atoms with Gasteiger partial charge in [0.05, 0.1) is 4.47 Å². The monoisotopic (exact) mass is 474 g/mol. The SMILES string of the molecule is CNSN1CC[C@](N)(CNc2nonc2/C(=N/O)Nc2ccc(F)c(Br)c2)C1. The number of nitrogens with zero attached hydrogens (tertiary/aromatic N) is 4. The Morgan fingerprint density at radius 3 is 3.07 bits per heavy atom. The minimum Gasteiger partial charge on any atom is -0.409 e. The molecule has 2 heterocycles. The van der Waals surface area contributed by atoms with Crippen LogP contribution < -0.4 is 21.1 Å². The van der Waals surface area contributed by atoms with Gasteiger partial charge < -0.3 is 21.6 Å². The molecule has 13 heteroatoms. The lowest BCUT2D eigenvalue weighted by Gasteiger charge is -2.24. The highest BCUT2D eigenvalue weighted by atomic mass is 79.9. The summed E-state index contributed by atoms with van der Waals surface area (Å²) < 4.78 is 23.6. The highest BCUT2D eigenvalue weighted by Crippen LogP contribution is 2.25. The van der Waals surface area contributed by atoms with E-state index >= 15 is 0 Å². The van der Waals surface area contributed by atoms with Crippen LogP contribution in [0.2, 0.25) is 0 Å². The van der Waals surface area contributed by atoms with Gasteiger partial charge in [-0.1, -0.05) is 5.16 Å². The normalized spacial score (nSPS) is 20.5. The van der Waals surface area contributed by atoms with Crippen LogP contribution in [0.25, 0.3) is 0 Å². The smallest absolute Gasteiger partial charge is 0.203 e. The predicted molar refractivity (Wildman–Crippen MR) is 109 cm³/mol. The topological polar surface area (TPSA) is 137 Å². The molecule has 1 aromatic carbocycles. The summed E-state index contributed by atoms with van der Waals surface area (Å²) in [6.07, 6.45) is 0.804. The Hall–Kier alpha value is -1.93. The van der Waals surface area contributed by atoms with Crippen molar-refractivity contribution in [2.45, 2.75) is 12.0 Å². The van der Waals surface area contributed by atoms with Crippen LogP contribution in [0.5, 0.6) is 0 Å². The molecule has 1 saturated heterocycles. The fourth-order valence-electron chi connectivity index (χ4n) is 2.77. The zero-order valence-electron chi connectivity index (χ0n) is 14.9. The van der Waals surface area contributed by atoms with E-state index in [9.17, 15) is 9.60 Å². The number of hydrogen-bond donors (Lipinski definition) is 5. The van der Waals surface area contributed by atoms with E-state index in [4.69, 9.17) is 10.4 Å². The van der Waals surface area contributed by atoms with Crippen LogP contribution in [0.4, 0.5) is 15.9 Å². The Kier molecular flexibility index (Phi) is 6.72. The molecule has 1 aromatic heterocycles. The molecule has 1 fully saturated rings. The Balaban J connectivity index is 1.67. The van der Waals surface area contributed by atoms with Gasteiger partial charge in [-0.05, 0) is 57.9 Å². The van der Waals surface area contributed by atoms with Crippen molar-refractivity contribution in [3.05, 3.63) is 34.2 Å². The highest BCUT2D eigenvalue weighted by molar-refractivity contribution is 9.10. The number of hydrogen-bond acceptors (Lipinski definition) is 10. The van der Waals surface area contributed by atoms with Crippen molar-refractivity contribution in [3.63, 3.8) is 0 Å². The average molecular weight is 475 g/mol. The van der Waals surface area contributed by atoms with E-state index in [2.05, 4.69) is 51.1 Å². The number of benzene rings is 1. The van der Waals surface area contributed by atoms with E-state index in [-0.39, 0.29) is 21.8 Å². The van der Waals surface area contributed by atoms with Crippen LogP contribution in [0.1, 0.15) is 12.1 Å². The Morgan fingerprint density at radius 2 is 2.36 bits per heavy atom. The largest absolute Gasteiger partial charge is 0.409 e. The predicted octanol–water partition coefficient (Wildman–Crippen LogP) is 1.82. The average Bonchev–Trinajstić information content (AvgIpc) is 3.28. The van der Waals surface area contributed by atoms with E-state index in [0.29, 0.717) is 18.8 Å². The first kappa shape index (κ1) is 20.8. The van der Waals surface area contributed by atoms with Gasteiger partial charge in [0.25, 0.3) is 0 Å². The summed E-state index contributed by atoms with van der Waals surface area (Å²) in [6.45, 7) is 1.97. The zero-order valence-corrected chi connectivity index (χ0v) is 17.3. The molecule has 28 heavy (non-hydrogen) atoms. The molecule has 0 bridgehead atoms. The third-order valence-corrected chi connectivity index (χ3v) is 5.53. The van der Waals surface area contributed by atoms with Crippen molar-refractivity contribution in [1.29, 1.82) is 0 Å². The number of amidine groups is 1. The van der Waals surface area contributed by atoms with Gasteiger partial charge in [-0.15, -0.1) is 0 Å².